The normalized spacial score (nSPS) is 14.9. The van der Waals surface area contributed by atoms with Gasteiger partial charge in [-0.05, 0) is 13.8 Å². The molecule has 9 heteroatoms. The molecule has 0 aliphatic rings. The van der Waals surface area contributed by atoms with Crippen molar-refractivity contribution in [3.8, 4) is 0 Å². The predicted octanol–water partition coefficient (Wildman–Crippen LogP) is -2.88. The van der Waals surface area contributed by atoms with Crippen molar-refractivity contribution >= 4 is 17.8 Å². The summed E-state index contributed by atoms with van der Waals surface area (Å²) in [4.78, 5) is 31.0. The number of carboxylic acids is 2. The van der Waals surface area contributed by atoms with E-state index in [-0.39, 0.29) is 6.42 Å². The highest BCUT2D eigenvalue weighted by molar-refractivity contribution is 5.86. The maximum Gasteiger partial charge on any atom is 0.325 e. The van der Waals surface area contributed by atoms with Crippen molar-refractivity contribution in [3.63, 3.8) is 0 Å². The lowest BCUT2D eigenvalue weighted by atomic mass is 10.2. The molecule has 0 saturated carbocycles. The summed E-state index contributed by atoms with van der Waals surface area (Å²) in [5.74, 6) is -2.73. The zero-order valence-corrected chi connectivity index (χ0v) is 13.7. The monoisotopic (exact) mass is 321 g/mol. The fourth-order valence-electron chi connectivity index (χ4n) is 1.30. The summed E-state index contributed by atoms with van der Waals surface area (Å²) in [7, 11) is 5.66. The van der Waals surface area contributed by atoms with Gasteiger partial charge in [-0.15, -0.1) is 0 Å². The highest BCUT2D eigenvalue weighted by Gasteiger charge is 2.16. The third kappa shape index (κ3) is 14.7. The van der Waals surface area contributed by atoms with Gasteiger partial charge >= 0.3 is 5.97 Å². The van der Waals surface area contributed by atoms with Crippen LogP contribution in [-0.2, 0) is 14.4 Å². The second kappa shape index (κ2) is 10.1. The minimum Gasteiger partial charge on any atom is -0.550 e. The van der Waals surface area contributed by atoms with Crippen LogP contribution in [-0.4, -0.2) is 78.4 Å². The average molecular weight is 321 g/mol. The molecule has 0 radical (unpaired) electrons. The molecule has 0 saturated heterocycles. The standard InChI is InChI=1S/C7H15NO3.C6H12N2O3/c1-8(2,3)5-6(9)4-7(10)11;1-3(7)5(9)8-4(2)6(10)11/h6,9H,4-5H2,1-3H3;3-4H,7H2,1-2H3,(H,8,9)(H,10,11)/t;3-,4-/m.0/s1. The quantitative estimate of drug-likeness (QED) is 0.367. The smallest absolute Gasteiger partial charge is 0.325 e. The van der Waals surface area contributed by atoms with Crippen LogP contribution in [0.5, 0.6) is 0 Å². The first-order chi connectivity index (χ1) is 9.76. The number of nitrogens with zero attached hydrogens (tertiary/aromatic N) is 1. The number of carboxylic acid groups (broad SMARTS) is 2. The highest BCUT2D eigenvalue weighted by atomic mass is 16.4. The predicted molar refractivity (Wildman–Crippen MR) is 77.4 cm³/mol. The molecule has 0 aliphatic carbocycles. The highest BCUT2D eigenvalue weighted by Crippen LogP contribution is 1.97. The first-order valence-corrected chi connectivity index (χ1v) is 6.73. The number of quaternary nitrogens is 1. The molecule has 0 rings (SSSR count). The Balaban J connectivity index is 0. The molecule has 0 aromatic carbocycles. The summed E-state index contributed by atoms with van der Waals surface area (Å²) in [6.45, 7) is 3.29. The number of hydrogen-bond donors (Lipinski definition) is 4. The lowest BCUT2D eigenvalue weighted by Crippen LogP contribution is -2.45. The van der Waals surface area contributed by atoms with Crippen molar-refractivity contribution in [2.45, 2.75) is 38.5 Å². The number of hydrogen-bond acceptors (Lipinski definition) is 6. The third-order valence-corrected chi connectivity index (χ3v) is 2.30. The van der Waals surface area contributed by atoms with Crippen molar-refractivity contribution in [2.75, 3.05) is 27.7 Å². The van der Waals surface area contributed by atoms with Crippen LogP contribution >= 0.6 is 0 Å². The molecule has 0 bridgehead atoms. The van der Waals surface area contributed by atoms with Gasteiger partial charge in [0.25, 0.3) is 0 Å². The molecule has 0 aliphatic heterocycles. The molecule has 130 valence electrons. The van der Waals surface area contributed by atoms with E-state index in [0.29, 0.717) is 11.0 Å². The SMILES string of the molecule is C[C@H](N)C(=O)N[C@@H](C)C(=O)O.C[N+](C)(C)CC(O)CC(=O)[O-]. The number of carbonyl (C=O) groups is 3. The van der Waals surface area contributed by atoms with E-state index in [9.17, 15) is 19.5 Å². The summed E-state index contributed by atoms with van der Waals surface area (Å²) in [6.07, 6.45) is -1.09. The number of carbonyl (C=O) groups excluding carboxylic acids is 2. The van der Waals surface area contributed by atoms with Crippen LogP contribution < -0.4 is 16.2 Å². The van der Waals surface area contributed by atoms with E-state index in [0.717, 1.165) is 0 Å². The van der Waals surface area contributed by atoms with Gasteiger partial charge in [-0.25, -0.2) is 0 Å². The average Bonchev–Trinajstić information content (AvgIpc) is 2.25. The van der Waals surface area contributed by atoms with E-state index < -0.39 is 36.0 Å². The number of aliphatic hydroxyl groups is 1. The van der Waals surface area contributed by atoms with Crippen molar-refractivity contribution in [3.05, 3.63) is 0 Å². The molecule has 0 heterocycles. The van der Waals surface area contributed by atoms with E-state index in [1.54, 1.807) is 0 Å². The van der Waals surface area contributed by atoms with Crippen LogP contribution in [0.25, 0.3) is 0 Å². The number of nitrogens with two attached hydrogens (primary N) is 1. The second-order valence-electron chi connectivity index (χ2n) is 6.06. The first-order valence-electron chi connectivity index (χ1n) is 6.73. The number of likely N-dealkylation sites (N-methyl/N-ethyl adjacent to an activating group) is 1. The molecule has 0 fully saturated rings. The molecule has 3 atom stereocenters. The summed E-state index contributed by atoms with van der Waals surface area (Å²) in [5.41, 5.74) is 5.18. The molecule has 5 N–H and O–H groups in total. The molecule has 1 unspecified atom stereocenters. The minimum absolute atomic E-state index is 0.282. The molecule has 9 nitrogen and oxygen atoms in total. The Morgan fingerprint density at radius 2 is 1.68 bits per heavy atom. The van der Waals surface area contributed by atoms with Gasteiger partial charge in [-0.1, -0.05) is 0 Å². The largest absolute Gasteiger partial charge is 0.550 e. The topological polar surface area (TPSA) is 153 Å². The van der Waals surface area contributed by atoms with Crippen LogP contribution in [0.4, 0.5) is 0 Å². The van der Waals surface area contributed by atoms with Crippen molar-refractivity contribution in [1.82, 2.24) is 5.32 Å². The Labute approximate surface area is 130 Å². The van der Waals surface area contributed by atoms with E-state index in [1.807, 2.05) is 21.1 Å². The summed E-state index contributed by atoms with van der Waals surface area (Å²) < 4.78 is 0.550. The molecular weight excluding hydrogens is 294 g/mol. The molecule has 0 aromatic rings. The third-order valence-electron chi connectivity index (χ3n) is 2.30. The maximum absolute atomic E-state index is 10.8. The molecule has 1 amide bonds. The Morgan fingerprint density at radius 1 is 1.23 bits per heavy atom. The lowest BCUT2D eigenvalue weighted by Gasteiger charge is -2.26. The molecule has 0 aromatic heterocycles. The second-order valence-corrected chi connectivity index (χ2v) is 6.06. The van der Waals surface area contributed by atoms with Gasteiger partial charge in [0.15, 0.2) is 0 Å². The van der Waals surface area contributed by atoms with Crippen LogP contribution in [0, 0.1) is 0 Å². The Hall–Kier alpha value is -1.71. The maximum atomic E-state index is 10.8. The van der Waals surface area contributed by atoms with Gasteiger partial charge in [-0.2, -0.15) is 0 Å². The first kappa shape index (κ1) is 22.6. The number of rotatable bonds is 7. The number of aliphatic carboxylic acids is 2. The fraction of sp³-hybridized carbons (Fsp3) is 0.769. The minimum atomic E-state index is -1.20. The Morgan fingerprint density at radius 3 is 1.95 bits per heavy atom. The van der Waals surface area contributed by atoms with Gasteiger partial charge in [0.2, 0.25) is 5.91 Å². The number of aliphatic hydroxyl groups excluding tert-OH is 1. The summed E-state index contributed by atoms with van der Waals surface area (Å²) in [6, 6.07) is -1.55. The summed E-state index contributed by atoms with van der Waals surface area (Å²) in [5, 5.41) is 29.7. The van der Waals surface area contributed by atoms with E-state index >= 15 is 0 Å². The lowest BCUT2D eigenvalue weighted by molar-refractivity contribution is -0.873. The zero-order valence-electron chi connectivity index (χ0n) is 13.7. The van der Waals surface area contributed by atoms with E-state index in [2.05, 4.69) is 5.32 Å². The van der Waals surface area contributed by atoms with Crippen molar-refractivity contribution in [1.29, 1.82) is 0 Å². The Bertz CT molecular complexity index is 378. The Kier molecular flexibility index (Phi) is 10.4. The molecule has 0 spiro atoms. The van der Waals surface area contributed by atoms with Crippen molar-refractivity contribution in [2.24, 2.45) is 5.73 Å². The van der Waals surface area contributed by atoms with E-state index in [1.165, 1.54) is 13.8 Å². The number of nitrogens with one attached hydrogen (secondary N) is 1. The van der Waals surface area contributed by atoms with Gasteiger partial charge in [0, 0.05) is 12.4 Å². The van der Waals surface area contributed by atoms with Crippen LogP contribution in [0.3, 0.4) is 0 Å². The summed E-state index contributed by atoms with van der Waals surface area (Å²) >= 11 is 0. The number of amides is 1. The van der Waals surface area contributed by atoms with E-state index in [4.69, 9.17) is 15.9 Å². The van der Waals surface area contributed by atoms with Crippen LogP contribution in [0.1, 0.15) is 20.3 Å². The van der Waals surface area contributed by atoms with Crippen LogP contribution in [0.15, 0.2) is 0 Å². The molecular formula is C13H27N3O6. The van der Waals surface area contributed by atoms with Crippen LogP contribution in [0.2, 0.25) is 0 Å². The van der Waals surface area contributed by atoms with Crippen molar-refractivity contribution < 1.29 is 34.2 Å². The van der Waals surface area contributed by atoms with Gasteiger partial charge in [-0.3, -0.25) is 9.59 Å². The zero-order chi connectivity index (χ0) is 18.1. The fourth-order valence-corrected chi connectivity index (χ4v) is 1.30. The molecule has 22 heavy (non-hydrogen) atoms. The van der Waals surface area contributed by atoms with Gasteiger partial charge in [0.05, 0.1) is 27.2 Å². The van der Waals surface area contributed by atoms with Gasteiger partial charge < -0.3 is 35.6 Å². The van der Waals surface area contributed by atoms with Gasteiger partial charge in [0.1, 0.15) is 18.7 Å².